The van der Waals surface area contributed by atoms with Gasteiger partial charge in [0.05, 0.1) is 11.1 Å². The van der Waals surface area contributed by atoms with Gasteiger partial charge in [0.1, 0.15) is 5.75 Å². The second-order valence-electron chi connectivity index (χ2n) is 1.69. The van der Waals surface area contributed by atoms with Gasteiger partial charge in [0.25, 0.3) is 0 Å². The number of nitrogens with zero attached hydrogens (tertiary/aromatic N) is 2. The Balaban J connectivity index is 2.75. The average Bonchev–Trinajstić information content (AvgIpc) is 2.12. The van der Waals surface area contributed by atoms with Gasteiger partial charge in [-0.2, -0.15) is 0 Å². The maximum absolute atomic E-state index is 10.4. The molecule has 0 radical (unpaired) electrons. The van der Waals surface area contributed by atoms with Crippen molar-refractivity contribution >= 4 is 21.6 Å². The molecule has 10 heavy (non-hydrogen) atoms. The number of aromatic nitrogens is 2. The van der Waals surface area contributed by atoms with Crippen molar-refractivity contribution < 1.29 is 8.42 Å². The summed E-state index contributed by atoms with van der Waals surface area (Å²) in [5, 5.41) is 8.20. The molecule has 0 aromatic carbocycles. The van der Waals surface area contributed by atoms with Gasteiger partial charge in [0.15, 0.2) is 0 Å². The second-order valence-corrected chi connectivity index (χ2v) is 4.18. The molecule has 0 saturated carbocycles. The molecular weight excluding hydrogens is 174 g/mol. The molecule has 56 valence electrons. The summed E-state index contributed by atoms with van der Waals surface area (Å²) in [6, 6.07) is 0. The number of rotatable bonds is 2. The van der Waals surface area contributed by atoms with E-state index < -0.39 is 10.0 Å². The van der Waals surface area contributed by atoms with E-state index in [1.165, 1.54) is 6.20 Å². The van der Waals surface area contributed by atoms with Crippen LogP contribution in [0, 0.1) is 0 Å². The fraction of sp³-hybridized carbons (Fsp3) is 0.333. The summed E-state index contributed by atoms with van der Waals surface area (Å²) in [5.41, 5.74) is 0. The van der Waals surface area contributed by atoms with Crippen molar-refractivity contribution in [1.82, 2.24) is 9.59 Å². The van der Waals surface area contributed by atoms with Gasteiger partial charge in [-0.3, -0.25) is 0 Å². The molecule has 0 amide bonds. The smallest absolute Gasteiger partial charge is 0.214 e. The van der Waals surface area contributed by atoms with Crippen LogP contribution in [-0.4, -0.2) is 18.0 Å². The van der Waals surface area contributed by atoms with Gasteiger partial charge >= 0.3 is 0 Å². The fourth-order valence-electron chi connectivity index (χ4n) is 0.449. The minimum Gasteiger partial charge on any atom is -0.228 e. The minimum absolute atomic E-state index is 0.176. The fourth-order valence-corrected chi connectivity index (χ4v) is 1.92. The quantitative estimate of drug-likeness (QED) is 0.652. The summed E-state index contributed by atoms with van der Waals surface area (Å²) in [5.74, 6) is -0.176. The molecule has 0 fully saturated rings. The topological polar surface area (TPSA) is 85.9 Å². The first-order valence-electron chi connectivity index (χ1n) is 2.34. The SMILES string of the molecule is NS(=O)(=O)Cc1cnns1. The van der Waals surface area contributed by atoms with Crippen LogP contribution in [0.25, 0.3) is 0 Å². The number of hydrogen-bond donors (Lipinski definition) is 1. The first kappa shape index (κ1) is 7.58. The molecule has 1 aromatic rings. The number of nitrogens with two attached hydrogens (primary N) is 1. The molecule has 7 heteroatoms. The maximum atomic E-state index is 10.4. The Labute approximate surface area is 62.1 Å². The highest BCUT2D eigenvalue weighted by molar-refractivity contribution is 7.88. The molecule has 0 spiro atoms. The van der Waals surface area contributed by atoms with Gasteiger partial charge in [0, 0.05) is 0 Å². The molecule has 0 aliphatic carbocycles. The van der Waals surface area contributed by atoms with Crippen molar-refractivity contribution in [2.45, 2.75) is 5.75 Å². The van der Waals surface area contributed by atoms with E-state index in [1.54, 1.807) is 0 Å². The number of hydrogen-bond acceptors (Lipinski definition) is 5. The van der Waals surface area contributed by atoms with E-state index in [1.807, 2.05) is 0 Å². The Morgan fingerprint density at radius 3 is 2.80 bits per heavy atom. The van der Waals surface area contributed by atoms with Crippen molar-refractivity contribution in [3.05, 3.63) is 11.1 Å². The maximum Gasteiger partial charge on any atom is 0.214 e. The highest BCUT2D eigenvalue weighted by atomic mass is 32.2. The summed E-state index contributed by atoms with van der Waals surface area (Å²) in [6.45, 7) is 0. The molecule has 0 atom stereocenters. The molecule has 0 saturated heterocycles. The summed E-state index contributed by atoms with van der Waals surface area (Å²) in [6.07, 6.45) is 1.38. The predicted octanol–water partition coefficient (Wildman–Crippen LogP) is -0.673. The number of sulfonamides is 1. The molecule has 0 bridgehead atoms. The van der Waals surface area contributed by atoms with Crippen LogP contribution in [0.2, 0.25) is 0 Å². The van der Waals surface area contributed by atoms with Gasteiger partial charge < -0.3 is 0 Å². The van der Waals surface area contributed by atoms with E-state index >= 15 is 0 Å². The number of primary sulfonamides is 1. The zero-order chi connectivity index (χ0) is 7.61. The monoisotopic (exact) mass is 179 g/mol. The van der Waals surface area contributed by atoms with E-state index in [0.717, 1.165) is 11.5 Å². The standard InChI is InChI=1S/C3H5N3O2S2/c4-10(7,8)2-3-1-5-6-9-3/h1H,2H2,(H2,4,7,8). The Bertz CT molecular complexity index is 290. The summed E-state index contributed by atoms with van der Waals surface area (Å²) < 4.78 is 24.3. The molecule has 1 heterocycles. The Hall–Kier alpha value is -0.530. The third kappa shape index (κ3) is 2.38. The molecule has 5 nitrogen and oxygen atoms in total. The molecule has 0 aliphatic heterocycles. The second kappa shape index (κ2) is 2.60. The van der Waals surface area contributed by atoms with Crippen molar-refractivity contribution in [3.8, 4) is 0 Å². The molecule has 1 rings (SSSR count). The summed E-state index contributed by atoms with van der Waals surface area (Å²) in [4.78, 5) is 0.558. The lowest BCUT2D eigenvalue weighted by Gasteiger charge is -1.88. The van der Waals surface area contributed by atoms with Crippen LogP contribution in [0.15, 0.2) is 6.20 Å². The Kier molecular flexibility index (Phi) is 1.97. The van der Waals surface area contributed by atoms with E-state index in [-0.39, 0.29) is 5.75 Å². The van der Waals surface area contributed by atoms with Crippen molar-refractivity contribution in [2.75, 3.05) is 0 Å². The van der Waals surface area contributed by atoms with Gasteiger partial charge in [0.2, 0.25) is 10.0 Å². The summed E-state index contributed by atoms with van der Waals surface area (Å²) in [7, 11) is -3.42. The van der Waals surface area contributed by atoms with Crippen molar-refractivity contribution in [1.29, 1.82) is 0 Å². The van der Waals surface area contributed by atoms with E-state index in [9.17, 15) is 8.42 Å². The van der Waals surface area contributed by atoms with Gasteiger partial charge in [-0.15, -0.1) is 5.10 Å². The van der Waals surface area contributed by atoms with Crippen molar-refractivity contribution in [2.24, 2.45) is 5.14 Å². The lowest BCUT2D eigenvalue weighted by molar-refractivity contribution is 0.597. The molecule has 0 aliphatic rings. The van der Waals surface area contributed by atoms with Gasteiger partial charge in [-0.1, -0.05) is 4.49 Å². The highest BCUT2D eigenvalue weighted by Gasteiger charge is 2.05. The van der Waals surface area contributed by atoms with Crippen LogP contribution in [0.3, 0.4) is 0 Å². The average molecular weight is 179 g/mol. The van der Waals surface area contributed by atoms with E-state index in [2.05, 4.69) is 9.59 Å². The third-order valence-electron chi connectivity index (χ3n) is 0.750. The van der Waals surface area contributed by atoms with E-state index in [0.29, 0.717) is 4.88 Å². The zero-order valence-corrected chi connectivity index (χ0v) is 6.52. The van der Waals surface area contributed by atoms with Crippen LogP contribution < -0.4 is 5.14 Å². The van der Waals surface area contributed by atoms with Crippen LogP contribution >= 0.6 is 11.5 Å². The predicted molar refractivity (Wildman–Crippen MR) is 36.7 cm³/mol. The first-order chi connectivity index (χ1) is 4.58. The molecular formula is C3H5N3O2S2. The summed E-state index contributed by atoms with van der Waals surface area (Å²) >= 11 is 1.03. The van der Waals surface area contributed by atoms with Crippen LogP contribution in [0.5, 0.6) is 0 Å². The van der Waals surface area contributed by atoms with Crippen LogP contribution in [0.1, 0.15) is 4.88 Å². The Morgan fingerprint density at radius 1 is 1.70 bits per heavy atom. The molecule has 0 unspecified atom stereocenters. The molecule has 1 aromatic heterocycles. The lowest BCUT2D eigenvalue weighted by Crippen LogP contribution is -2.13. The third-order valence-corrected chi connectivity index (χ3v) is 2.31. The zero-order valence-electron chi connectivity index (χ0n) is 4.89. The first-order valence-corrected chi connectivity index (χ1v) is 4.83. The Morgan fingerprint density at radius 2 is 2.40 bits per heavy atom. The normalized spacial score (nSPS) is 11.7. The van der Waals surface area contributed by atoms with Gasteiger partial charge in [-0.05, 0) is 11.5 Å². The largest absolute Gasteiger partial charge is 0.228 e. The highest BCUT2D eigenvalue weighted by Crippen LogP contribution is 2.04. The van der Waals surface area contributed by atoms with Crippen molar-refractivity contribution in [3.63, 3.8) is 0 Å². The minimum atomic E-state index is -3.42. The van der Waals surface area contributed by atoms with Crippen LogP contribution in [0.4, 0.5) is 0 Å². The van der Waals surface area contributed by atoms with Gasteiger partial charge in [-0.25, -0.2) is 13.6 Å². The van der Waals surface area contributed by atoms with Crippen LogP contribution in [-0.2, 0) is 15.8 Å². The molecule has 2 N–H and O–H groups in total. The lowest BCUT2D eigenvalue weighted by atomic mass is 10.6. The van der Waals surface area contributed by atoms with E-state index in [4.69, 9.17) is 5.14 Å².